The molecule has 1 aromatic heterocycles. The maximum atomic E-state index is 13.0. The van der Waals surface area contributed by atoms with Crippen LogP contribution in [0, 0.1) is 0 Å². The lowest BCUT2D eigenvalue weighted by atomic mass is 9.84. The highest BCUT2D eigenvalue weighted by Gasteiger charge is 2.38. The summed E-state index contributed by atoms with van der Waals surface area (Å²) in [5.41, 5.74) is 1.53. The maximum Gasteiger partial charge on any atom is 0.231 e. The van der Waals surface area contributed by atoms with Gasteiger partial charge in [0, 0.05) is 18.4 Å². The molecule has 1 saturated heterocycles. The van der Waals surface area contributed by atoms with Crippen molar-refractivity contribution in [1.82, 2.24) is 10.6 Å². The molecule has 3 heterocycles. The van der Waals surface area contributed by atoms with Gasteiger partial charge in [-0.3, -0.25) is 9.59 Å². The molecule has 0 saturated carbocycles. The Balaban J connectivity index is 1.28. The van der Waals surface area contributed by atoms with Crippen molar-refractivity contribution < 1.29 is 23.5 Å². The van der Waals surface area contributed by atoms with Crippen molar-refractivity contribution in [3.63, 3.8) is 0 Å². The average molecular weight is 447 g/mol. The first-order valence-electron chi connectivity index (χ1n) is 11.2. The molecule has 2 aromatic carbocycles. The highest BCUT2D eigenvalue weighted by Crippen LogP contribution is 2.36. The zero-order valence-corrected chi connectivity index (χ0v) is 18.2. The van der Waals surface area contributed by atoms with Crippen LogP contribution in [0.3, 0.4) is 0 Å². The molecule has 1 fully saturated rings. The van der Waals surface area contributed by atoms with E-state index in [0.29, 0.717) is 37.2 Å². The standard InChI is InChI=1S/C26H26N2O5/c29-23(27-25(21-7-4-14-31-21)19-5-2-1-3-6-19)10-12-26(13-11-24(30)28-26)16-18-8-9-20-22(15-18)33-17-32-20/h1-9,14-15,25H,10-13,16-17H2,(H,27,29)(H,28,30)/t25-,26+/m1/s1. The quantitative estimate of drug-likeness (QED) is 0.548. The number of amides is 2. The van der Waals surface area contributed by atoms with E-state index in [9.17, 15) is 9.59 Å². The monoisotopic (exact) mass is 446 g/mol. The molecule has 33 heavy (non-hydrogen) atoms. The first-order chi connectivity index (χ1) is 16.1. The first kappa shape index (κ1) is 21.1. The third kappa shape index (κ3) is 4.72. The predicted molar refractivity (Wildman–Crippen MR) is 121 cm³/mol. The van der Waals surface area contributed by atoms with E-state index < -0.39 is 5.54 Å². The number of rotatable bonds is 8. The Labute approximate surface area is 192 Å². The van der Waals surface area contributed by atoms with Gasteiger partial charge in [0.2, 0.25) is 18.6 Å². The van der Waals surface area contributed by atoms with Crippen LogP contribution in [0.25, 0.3) is 0 Å². The van der Waals surface area contributed by atoms with Gasteiger partial charge in [0.25, 0.3) is 0 Å². The minimum Gasteiger partial charge on any atom is -0.467 e. The Hall–Kier alpha value is -3.74. The molecule has 0 radical (unpaired) electrons. The van der Waals surface area contributed by atoms with Gasteiger partial charge >= 0.3 is 0 Å². The normalized spacial score (nSPS) is 19.8. The molecule has 7 heteroatoms. The highest BCUT2D eigenvalue weighted by atomic mass is 16.7. The smallest absolute Gasteiger partial charge is 0.231 e. The summed E-state index contributed by atoms with van der Waals surface area (Å²) in [7, 11) is 0. The lowest BCUT2D eigenvalue weighted by molar-refractivity contribution is -0.123. The third-order valence-corrected chi connectivity index (χ3v) is 6.31. The van der Waals surface area contributed by atoms with Crippen molar-refractivity contribution in [3.05, 3.63) is 83.8 Å². The molecule has 170 valence electrons. The van der Waals surface area contributed by atoms with Gasteiger partial charge < -0.3 is 24.5 Å². The van der Waals surface area contributed by atoms with E-state index in [-0.39, 0.29) is 31.1 Å². The third-order valence-electron chi connectivity index (χ3n) is 6.31. The van der Waals surface area contributed by atoms with E-state index in [1.807, 2.05) is 60.7 Å². The van der Waals surface area contributed by atoms with Crippen LogP contribution < -0.4 is 20.1 Å². The highest BCUT2D eigenvalue weighted by molar-refractivity contribution is 5.80. The Morgan fingerprint density at radius 1 is 1.06 bits per heavy atom. The fourth-order valence-corrected chi connectivity index (χ4v) is 4.63. The van der Waals surface area contributed by atoms with E-state index in [0.717, 1.165) is 16.9 Å². The number of benzene rings is 2. The number of hydrogen-bond donors (Lipinski definition) is 2. The van der Waals surface area contributed by atoms with Crippen LogP contribution in [0.4, 0.5) is 0 Å². The SMILES string of the molecule is O=C(CC[C@@]1(Cc2ccc3c(c2)OCO3)CCC(=O)N1)N[C@H](c1ccccc1)c1ccco1. The van der Waals surface area contributed by atoms with E-state index in [4.69, 9.17) is 13.9 Å². The number of nitrogens with one attached hydrogen (secondary N) is 2. The van der Waals surface area contributed by atoms with Gasteiger partial charge in [0.15, 0.2) is 11.5 Å². The van der Waals surface area contributed by atoms with E-state index in [1.165, 1.54) is 0 Å². The molecular formula is C26H26N2O5. The van der Waals surface area contributed by atoms with Gasteiger partial charge in [-0.25, -0.2) is 0 Å². The topological polar surface area (TPSA) is 89.8 Å². The van der Waals surface area contributed by atoms with Crippen LogP contribution in [0.5, 0.6) is 11.5 Å². The van der Waals surface area contributed by atoms with Crippen LogP contribution in [0.15, 0.2) is 71.3 Å². The molecule has 7 nitrogen and oxygen atoms in total. The van der Waals surface area contributed by atoms with E-state index in [2.05, 4.69) is 10.6 Å². The van der Waals surface area contributed by atoms with Crippen LogP contribution in [-0.2, 0) is 16.0 Å². The van der Waals surface area contributed by atoms with Crippen molar-refractivity contribution in [2.45, 2.75) is 43.7 Å². The van der Waals surface area contributed by atoms with Gasteiger partial charge in [0.05, 0.1) is 6.26 Å². The van der Waals surface area contributed by atoms with Crippen molar-refractivity contribution >= 4 is 11.8 Å². The second kappa shape index (κ2) is 9.02. The van der Waals surface area contributed by atoms with Gasteiger partial charge in [-0.1, -0.05) is 36.4 Å². The van der Waals surface area contributed by atoms with Crippen LogP contribution in [0.2, 0.25) is 0 Å². The molecule has 2 aliphatic rings. The molecule has 2 atom stereocenters. The summed E-state index contributed by atoms with van der Waals surface area (Å²) in [5, 5.41) is 6.25. The van der Waals surface area contributed by atoms with Crippen molar-refractivity contribution in [2.24, 2.45) is 0 Å². The Morgan fingerprint density at radius 3 is 2.67 bits per heavy atom. The molecule has 2 aliphatic heterocycles. The Morgan fingerprint density at radius 2 is 1.91 bits per heavy atom. The molecule has 5 rings (SSSR count). The molecule has 0 bridgehead atoms. The van der Waals surface area contributed by atoms with Crippen LogP contribution >= 0.6 is 0 Å². The number of ether oxygens (including phenoxy) is 2. The summed E-state index contributed by atoms with van der Waals surface area (Å²) in [6.45, 7) is 0.221. The first-order valence-corrected chi connectivity index (χ1v) is 11.2. The van der Waals surface area contributed by atoms with Gasteiger partial charge in [0.1, 0.15) is 11.8 Å². The zero-order valence-electron chi connectivity index (χ0n) is 18.2. The van der Waals surface area contributed by atoms with E-state index in [1.54, 1.807) is 6.26 Å². The molecule has 0 aliphatic carbocycles. The lowest BCUT2D eigenvalue weighted by Crippen LogP contribution is -2.44. The van der Waals surface area contributed by atoms with Crippen molar-refractivity contribution in [3.8, 4) is 11.5 Å². The zero-order chi connectivity index (χ0) is 22.7. The summed E-state index contributed by atoms with van der Waals surface area (Å²) in [6, 6.07) is 18.9. The van der Waals surface area contributed by atoms with Crippen LogP contribution in [0.1, 0.15) is 48.6 Å². The summed E-state index contributed by atoms with van der Waals surface area (Å²) >= 11 is 0. The minimum atomic E-state index is -0.463. The van der Waals surface area contributed by atoms with Gasteiger partial charge in [-0.2, -0.15) is 0 Å². The Bertz CT molecular complexity index is 1130. The fraction of sp³-hybridized carbons (Fsp3) is 0.308. The summed E-state index contributed by atoms with van der Waals surface area (Å²) in [5.74, 6) is 2.06. The molecule has 0 unspecified atom stereocenters. The lowest BCUT2D eigenvalue weighted by Gasteiger charge is -2.30. The van der Waals surface area contributed by atoms with Crippen molar-refractivity contribution in [2.75, 3.05) is 6.79 Å². The van der Waals surface area contributed by atoms with Gasteiger partial charge in [-0.05, 0) is 54.7 Å². The molecule has 2 amide bonds. The van der Waals surface area contributed by atoms with E-state index >= 15 is 0 Å². The molecule has 0 spiro atoms. The van der Waals surface area contributed by atoms with Crippen LogP contribution in [-0.4, -0.2) is 24.1 Å². The Kier molecular flexibility index (Phi) is 5.77. The largest absolute Gasteiger partial charge is 0.467 e. The molecular weight excluding hydrogens is 420 g/mol. The van der Waals surface area contributed by atoms with Gasteiger partial charge in [-0.15, -0.1) is 0 Å². The second-order valence-corrected chi connectivity index (χ2v) is 8.62. The predicted octanol–water partition coefficient (Wildman–Crippen LogP) is 3.89. The number of furan rings is 1. The summed E-state index contributed by atoms with van der Waals surface area (Å²) in [6.07, 6.45) is 4.21. The number of carbonyl (C=O) groups excluding carboxylic acids is 2. The number of carbonyl (C=O) groups is 2. The molecule has 3 aromatic rings. The number of fused-ring (bicyclic) bond motifs is 1. The molecule has 2 N–H and O–H groups in total. The second-order valence-electron chi connectivity index (χ2n) is 8.62. The van der Waals surface area contributed by atoms with Crippen molar-refractivity contribution in [1.29, 1.82) is 0 Å². The average Bonchev–Trinajstić information content (AvgIpc) is 3.58. The maximum absolute atomic E-state index is 13.0. The number of hydrogen-bond acceptors (Lipinski definition) is 5. The summed E-state index contributed by atoms with van der Waals surface area (Å²) < 4.78 is 16.5. The summed E-state index contributed by atoms with van der Waals surface area (Å²) in [4.78, 5) is 25.1. The minimum absolute atomic E-state index is 0.0221. The fourth-order valence-electron chi connectivity index (χ4n) is 4.63.